The van der Waals surface area contributed by atoms with Gasteiger partial charge < -0.3 is 11.1 Å². The molecule has 1 saturated heterocycles. The van der Waals surface area contributed by atoms with Gasteiger partial charge in [-0.1, -0.05) is 25.0 Å². The van der Waals surface area contributed by atoms with Crippen LogP contribution in [-0.4, -0.2) is 41.1 Å². The number of primary amides is 1. The van der Waals surface area contributed by atoms with E-state index in [1.807, 2.05) is 4.90 Å². The third-order valence-electron chi connectivity index (χ3n) is 5.46. The van der Waals surface area contributed by atoms with E-state index in [9.17, 15) is 14.4 Å². The average Bonchev–Trinajstić information content (AvgIpc) is 2.94. The van der Waals surface area contributed by atoms with Gasteiger partial charge in [-0.2, -0.15) is 0 Å². The predicted molar refractivity (Wildman–Crippen MR) is 95.1 cm³/mol. The number of nitrogens with two attached hydrogens (primary N) is 1. The Labute approximate surface area is 147 Å². The van der Waals surface area contributed by atoms with Crippen LogP contribution in [0.2, 0.25) is 0 Å². The standard InChI is InChI=1S/C19H25N3O3/c1-12(23)14-7-3-4-8-15(14)21-18(24)11-22-16-9-5-2-6-13(16)10-17(22)19(20)25/h3-4,7-8,13,16-17H,2,5-6,9-11H2,1H3,(H2,20,25)(H,21,24)/t13-,16+,17+/m1/s1. The smallest absolute Gasteiger partial charge is 0.238 e. The van der Waals surface area contributed by atoms with E-state index < -0.39 is 0 Å². The molecule has 3 rings (SSSR count). The molecule has 3 N–H and O–H groups in total. The van der Waals surface area contributed by atoms with Gasteiger partial charge in [0.15, 0.2) is 5.78 Å². The Kier molecular flexibility index (Phi) is 5.18. The maximum absolute atomic E-state index is 12.6. The van der Waals surface area contributed by atoms with E-state index in [4.69, 9.17) is 5.73 Å². The lowest BCUT2D eigenvalue weighted by Gasteiger charge is -2.32. The number of rotatable bonds is 5. The fourth-order valence-electron chi connectivity index (χ4n) is 4.31. The molecule has 2 aliphatic rings. The highest BCUT2D eigenvalue weighted by atomic mass is 16.2. The second-order valence-electron chi connectivity index (χ2n) is 7.09. The second-order valence-corrected chi connectivity index (χ2v) is 7.09. The van der Waals surface area contributed by atoms with Crippen molar-refractivity contribution in [3.05, 3.63) is 29.8 Å². The molecule has 134 valence electrons. The molecule has 0 aromatic heterocycles. The lowest BCUT2D eigenvalue weighted by Crippen LogP contribution is -2.48. The molecule has 0 radical (unpaired) electrons. The number of anilines is 1. The SMILES string of the molecule is CC(=O)c1ccccc1NC(=O)CN1[C@H](C(N)=O)C[C@H]2CCCC[C@@H]21. The molecule has 6 heteroatoms. The van der Waals surface area contributed by atoms with Crippen LogP contribution in [0, 0.1) is 5.92 Å². The minimum absolute atomic E-state index is 0.0978. The topological polar surface area (TPSA) is 92.5 Å². The zero-order valence-electron chi connectivity index (χ0n) is 14.5. The molecule has 25 heavy (non-hydrogen) atoms. The lowest BCUT2D eigenvalue weighted by atomic mass is 9.84. The molecule has 0 bridgehead atoms. The fraction of sp³-hybridized carbons (Fsp3) is 0.526. The van der Waals surface area contributed by atoms with E-state index >= 15 is 0 Å². The molecule has 6 nitrogen and oxygen atoms in total. The summed E-state index contributed by atoms with van der Waals surface area (Å²) in [5.74, 6) is -0.222. The average molecular weight is 343 g/mol. The highest BCUT2D eigenvalue weighted by Crippen LogP contribution is 2.39. The van der Waals surface area contributed by atoms with Crippen molar-refractivity contribution < 1.29 is 14.4 Å². The fourth-order valence-corrected chi connectivity index (χ4v) is 4.31. The largest absolute Gasteiger partial charge is 0.368 e. The van der Waals surface area contributed by atoms with Gasteiger partial charge in [-0.15, -0.1) is 0 Å². The van der Waals surface area contributed by atoms with E-state index in [1.165, 1.54) is 13.3 Å². The molecule has 2 amide bonds. The van der Waals surface area contributed by atoms with Crippen LogP contribution in [0.15, 0.2) is 24.3 Å². The number of carbonyl (C=O) groups is 3. The van der Waals surface area contributed by atoms with Crippen LogP contribution in [-0.2, 0) is 9.59 Å². The van der Waals surface area contributed by atoms with Gasteiger partial charge >= 0.3 is 0 Å². The van der Waals surface area contributed by atoms with Crippen molar-refractivity contribution in [1.29, 1.82) is 0 Å². The van der Waals surface area contributed by atoms with Crippen LogP contribution in [0.25, 0.3) is 0 Å². The van der Waals surface area contributed by atoms with Gasteiger partial charge in [-0.3, -0.25) is 19.3 Å². The summed E-state index contributed by atoms with van der Waals surface area (Å²) in [6.07, 6.45) is 5.15. The number of nitrogens with zero attached hydrogens (tertiary/aromatic N) is 1. The number of benzene rings is 1. The summed E-state index contributed by atoms with van der Waals surface area (Å²) >= 11 is 0. The second kappa shape index (κ2) is 7.35. The summed E-state index contributed by atoms with van der Waals surface area (Å²) in [7, 11) is 0. The van der Waals surface area contributed by atoms with Crippen LogP contribution < -0.4 is 11.1 Å². The molecule has 1 saturated carbocycles. The maximum Gasteiger partial charge on any atom is 0.238 e. The molecule has 0 spiro atoms. The number of fused-ring (bicyclic) bond motifs is 1. The molecular formula is C19H25N3O3. The Morgan fingerprint density at radius 2 is 1.92 bits per heavy atom. The Hall–Kier alpha value is -2.21. The van der Waals surface area contributed by atoms with Crippen LogP contribution in [0.5, 0.6) is 0 Å². The molecule has 3 atom stereocenters. The Morgan fingerprint density at radius 3 is 2.64 bits per heavy atom. The van der Waals surface area contributed by atoms with Crippen molar-refractivity contribution in [3.63, 3.8) is 0 Å². The van der Waals surface area contributed by atoms with Gasteiger partial charge in [-0.25, -0.2) is 0 Å². The van der Waals surface area contributed by atoms with E-state index in [1.54, 1.807) is 24.3 Å². The molecule has 1 aliphatic heterocycles. The van der Waals surface area contributed by atoms with Gasteiger partial charge in [0.25, 0.3) is 0 Å². The summed E-state index contributed by atoms with van der Waals surface area (Å²) in [5.41, 5.74) is 6.57. The third kappa shape index (κ3) is 3.74. The Balaban J connectivity index is 1.73. The van der Waals surface area contributed by atoms with Crippen molar-refractivity contribution in [3.8, 4) is 0 Å². The number of hydrogen-bond donors (Lipinski definition) is 2. The first-order valence-corrected chi connectivity index (χ1v) is 8.92. The number of likely N-dealkylation sites (tertiary alicyclic amines) is 1. The van der Waals surface area contributed by atoms with Gasteiger partial charge in [0, 0.05) is 11.6 Å². The summed E-state index contributed by atoms with van der Waals surface area (Å²) in [4.78, 5) is 38.1. The minimum atomic E-state index is -0.373. The molecule has 1 aromatic rings. The number of nitrogens with one attached hydrogen (secondary N) is 1. The minimum Gasteiger partial charge on any atom is -0.368 e. The summed E-state index contributed by atoms with van der Waals surface area (Å²) in [6, 6.07) is 6.83. The van der Waals surface area contributed by atoms with E-state index in [-0.39, 0.29) is 36.2 Å². The van der Waals surface area contributed by atoms with E-state index in [2.05, 4.69) is 5.32 Å². The summed E-state index contributed by atoms with van der Waals surface area (Å²) in [5, 5.41) is 2.82. The van der Waals surface area contributed by atoms with Crippen LogP contribution in [0.1, 0.15) is 49.4 Å². The number of hydrogen-bond acceptors (Lipinski definition) is 4. The number of amides is 2. The third-order valence-corrected chi connectivity index (χ3v) is 5.46. The molecule has 1 heterocycles. The Morgan fingerprint density at radius 1 is 1.20 bits per heavy atom. The molecular weight excluding hydrogens is 318 g/mol. The zero-order chi connectivity index (χ0) is 18.0. The number of Topliss-reactive ketones (excluding diaryl/α,β-unsaturated/α-hetero) is 1. The lowest BCUT2D eigenvalue weighted by molar-refractivity contribution is -0.124. The van der Waals surface area contributed by atoms with E-state index in [0.29, 0.717) is 17.2 Å². The van der Waals surface area contributed by atoms with Crippen LogP contribution >= 0.6 is 0 Å². The summed E-state index contributed by atoms with van der Waals surface area (Å²) < 4.78 is 0. The van der Waals surface area contributed by atoms with Crippen LogP contribution in [0.4, 0.5) is 5.69 Å². The summed E-state index contributed by atoms with van der Waals surface area (Å²) in [6.45, 7) is 1.60. The number of carbonyl (C=O) groups excluding carboxylic acids is 3. The number of ketones is 1. The van der Waals surface area contributed by atoms with Gasteiger partial charge in [0.1, 0.15) is 0 Å². The van der Waals surface area contributed by atoms with E-state index in [0.717, 1.165) is 25.7 Å². The molecule has 1 aromatic carbocycles. The Bertz CT molecular complexity index is 688. The monoisotopic (exact) mass is 343 g/mol. The first-order valence-electron chi connectivity index (χ1n) is 8.92. The van der Waals surface area contributed by atoms with Crippen molar-refractivity contribution >= 4 is 23.3 Å². The number of para-hydroxylation sites is 1. The van der Waals surface area contributed by atoms with Crippen molar-refractivity contribution in [2.45, 2.75) is 51.1 Å². The first-order chi connectivity index (χ1) is 12.0. The highest BCUT2D eigenvalue weighted by molar-refractivity contribution is 6.04. The first kappa shape index (κ1) is 17.6. The zero-order valence-corrected chi connectivity index (χ0v) is 14.5. The van der Waals surface area contributed by atoms with Gasteiger partial charge in [-0.05, 0) is 44.2 Å². The molecule has 0 unspecified atom stereocenters. The molecule has 1 aliphatic carbocycles. The predicted octanol–water partition coefficient (Wildman–Crippen LogP) is 1.95. The molecule has 2 fully saturated rings. The van der Waals surface area contributed by atoms with Crippen molar-refractivity contribution in [1.82, 2.24) is 4.90 Å². The van der Waals surface area contributed by atoms with Crippen LogP contribution in [0.3, 0.4) is 0 Å². The quantitative estimate of drug-likeness (QED) is 0.799. The highest BCUT2D eigenvalue weighted by Gasteiger charge is 2.44. The van der Waals surface area contributed by atoms with Crippen molar-refractivity contribution in [2.24, 2.45) is 11.7 Å². The van der Waals surface area contributed by atoms with Gasteiger partial charge in [0.05, 0.1) is 18.3 Å². The normalized spacial score (nSPS) is 26.0. The van der Waals surface area contributed by atoms with Crippen molar-refractivity contribution in [2.75, 3.05) is 11.9 Å². The van der Waals surface area contributed by atoms with Gasteiger partial charge in [0.2, 0.25) is 11.8 Å². The maximum atomic E-state index is 12.6.